The second-order valence-electron chi connectivity index (χ2n) is 4.89. The molecule has 7 nitrogen and oxygen atoms in total. The monoisotopic (exact) mass is 536 g/mol. The van der Waals surface area contributed by atoms with Crippen LogP contribution in [-0.4, -0.2) is 44.6 Å². The fraction of sp³-hybridized carbons (Fsp3) is 0.250. The van der Waals surface area contributed by atoms with Gasteiger partial charge in [-0.25, -0.2) is 0 Å². The van der Waals surface area contributed by atoms with Gasteiger partial charge in [0.15, 0.2) is 0 Å². The van der Waals surface area contributed by atoms with Gasteiger partial charge in [-0.05, 0) is 0 Å². The number of carbonyl (C=O) groups is 3. The molecule has 0 N–H and O–H groups in total. The fourth-order valence-corrected chi connectivity index (χ4v) is 5.32. The Labute approximate surface area is 154 Å². The Hall–Kier alpha value is -0.980. The van der Waals surface area contributed by atoms with Crippen molar-refractivity contribution < 1.29 is 54.0 Å². The summed E-state index contributed by atoms with van der Waals surface area (Å²) in [5.41, 5.74) is 0.808. The van der Waals surface area contributed by atoms with E-state index in [1.165, 1.54) is 6.07 Å². The van der Waals surface area contributed by atoms with Crippen molar-refractivity contribution in [1.29, 1.82) is 0 Å². The molecule has 2 unspecified atom stereocenters. The Kier molecular flexibility index (Phi) is 3.55. The van der Waals surface area contributed by atoms with Gasteiger partial charge < -0.3 is 0 Å². The zero-order valence-corrected chi connectivity index (χ0v) is 15.4. The Balaban J connectivity index is 1.37. The van der Waals surface area contributed by atoms with Crippen LogP contribution in [0.1, 0.15) is 10.4 Å². The quantitative estimate of drug-likeness (QED) is 0.134. The normalized spacial score (nSPS) is 22.9. The number of carbonyl (C=O) groups excluding carboxylic acids is 3. The third-order valence-electron chi connectivity index (χ3n) is 3.29. The van der Waals surface area contributed by atoms with Crippen molar-refractivity contribution in [2.45, 2.75) is 7.15 Å². The van der Waals surface area contributed by atoms with Crippen LogP contribution in [-0.2, 0) is 14.3 Å². The number of halogens is 2. The molecule has 0 saturated carbocycles. The van der Waals surface area contributed by atoms with Crippen LogP contribution < -0.4 is 30.5 Å². The zero-order valence-electron chi connectivity index (χ0n) is 11.1. The van der Waals surface area contributed by atoms with E-state index in [-0.39, 0.29) is 43.7 Å². The molecule has 0 amide bonds. The predicted molar refractivity (Wildman–Crippen MR) is 81.0 cm³/mol. The molecule has 115 valence electrons. The summed E-state index contributed by atoms with van der Waals surface area (Å²) in [4.78, 5) is 35.1. The van der Waals surface area contributed by atoms with E-state index in [1.807, 2.05) is 27.7 Å². The van der Waals surface area contributed by atoms with Crippen LogP contribution in [0.15, 0.2) is 10.5 Å². The average Bonchev–Trinajstić information content (AvgIpc) is 2.91. The average molecular weight is 536 g/mol. The van der Waals surface area contributed by atoms with E-state index < -0.39 is 31.7 Å². The number of esters is 3. The van der Waals surface area contributed by atoms with E-state index in [0.717, 1.165) is 0 Å². The van der Waals surface area contributed by atoms with Crippen LogP contribution in [0, 0.1) is 0 Å². The fourth-order valence-electron chi connectivity index (χ4n) is 2.08. The standard InChI is InChI=1S/C12H4B2I2O7/c13-12(14-16-12)9(15)11(19)20-2-5(17)22-7-4-1-3-6(21-4)8(7)23-10(3)18/h1,9H,2H2/q-1. The molecule has 23 heavy (non-hydrogen) atoms. The van der Waals surface area contributed by atoms with Gasteiger partial charge in [0.2, 0.25) is 0 Å². The molecule has 1 fully saturated rings. The van der Waals surface area contributed by atoms with E-state index in [0.29, 0.717) is 5.56 Å². The van der Waals surface area contributed by atoms with Gasteiger partial charge in [-0.2, -0.15) is 0 Å². The third-order valence-corrected chi connectivity index (χ3v) is 8.70. The number of ether oxygens (including phenoxy) is 3. The Morgan fingerprint density at radius 3 is 2.96 bits per heavy atom. The van der Waals surface area contributed by atoms with Crippen molar-refractivity contribution in [1.82, 2.24) is 0 Å². The topological polar surface area (TPSA) is 92.0 Å². The van der Waals surface area contributed by atoms with Crippen molar-refractivity contribution in [3.63, 3.8) is 0 Å². The molecule has 1 saturated heterocycles. The molecule has 4 rings (SSSR count). The molecule has 3 radical (unpaired) electrons. The van der Waals surface area contributed by atoms with E-state index in [9.17, 15) is 14.4 Å². The van der Waals surface area contributed by atoms with Gasteiger partial charge in [-0.1, -0.05) is 0 Å². The van der Waals surface area contributed by atoms with Crippen molar-refractivity contribution >= 4 is 64.6 Å². The van der Waals surface area contributed by atoms with Crippen molar-refractivity contribution in [2.24, 2.45) is 0 Å². The van der Waals surface area contributed by atoms with Gasteiger partial charge in [-0.3, -0.25) is 0 Å². The Bertz CT molecular complexity index is 844. The molecule has 2 aliphatic heterocycles. The number of fused-ring (bicyclic) bond motifs is 1. The summed E-state index contributed by atoms with van der Waals surface area (Å²) in [7, 11) is 5.91. The van der Waals surface area contributed by atoms with E-state index >= 15 is 0 Å². The maximum absolute atomic E-state index is 11.8. The van der Waals surface area contributed by atoms with E-state index in [4.69, 9.17) is 26.5 Å². The summed E-state index contributed by atoms with van der Waals surface area (Å²) in [5.74, 6) is -1.79. The van der Waals surface area contributed by atoms with Crippen molar-refractivity contribution in [3.8, 4) is 11.5 Å². The molecular formula is C12H4B2I2O7-. The second-order valence-corrected chi connectivity index (χ2v) is 9.25. The molecule has 2 aromatic heterocycles. The minimum absolute atomic E-state index is 0.0263. The number of alkyl halides is 2. The number of rotatable bonds is 5. The van der Waals surface area contributed by atoms with Crippen LogP contribution in [0.3, 0.4) is 0 Å². The van der Waals surface area contributed by atoms with Crippen LogP contribution in [0.2, 0.25) is 0 Å². The van der Waals surface area contributed by atoms with Gasteiger partial charge in [0.1, 0.15) is 0 Å². The van der Waals surface area contributed by atoms with Crippen molar-refractivity contribution in [3.05, 3.63) is 11.6 Å². The molecule has 4 heterocycles. The van der Waals surface area contributed by atoms with E-state index in [2.05, 4.69) is 0 Å². The predicted octanol–water partition coefficient (Wildman–Crippen LogP) is -2.80. The molecule has 2 bridgehead atoms. The number of hydrogen-bond donors (Lipinski definition) is 0. The first-order valence-electron chi connectivity index (χ1n) is 6.29. The second kappa shape index (κ2) is 5.26. The molecule has 0 spiro atoms. The third kappa shape index (κ3) is 2.51. The maximum atomic E-state index is 11.8. The van der Waals surface area contributed by atoms with E-state index in [1.54, 1.807) is 0 Å². The summed E-state index contributed by atoms with van der Waals surface area (Å²) in [6.45, 7) is -0.559. The zero-order chi connectivity index (χ0) is 16.4. The molecular weight excluding hydrogens is 532 g/mol. The summed E-state index contributed by atoms with van der Waals surface area (Å²) in [5, 5.41) is 1.91. The molecule has 0 aliphatic carbocycles. The minimum atomic E-state index is -0.799. The van der Waals surface area contributed by atoms with Crippen LogP contribution in [0.25, 0.3) is 11.2 Å². The van der Waals surface area contributed by atoms with Crippen LogP contribution >= 0.6 is 22.6 Å². The number of benzene rings is 1. The summed E-state index contributed by atoms with van der Waals surface area (Å²) >= 11 is 1.62. The van der Waals surface area contributed by atoms with Gasteiger partial charge in [0.25, 0.3) is 0 Å². The Morgan fingerprint density at radius 1 is 1.52 bits per heavy atom. The number of furan rings is 2. The van der Waals surface area contributed by atoms with Crippen molar-refractivity contribution in [2.75, 3.05) is 6.61 Å². The first-order chi connectivity index (χ1) is 10.9. The number of hydrogen-bond acceptors (Lipinski definition) is 7. The van der Waals surface area contributed by atoms with Gasteiger partial charge >= 0.3 is 156 Å². The SMILES string of the molecule is [B]C1(C(I)C(=O)OCC(=O)Oc2c3c4oc2cc4C(=O)O3)[B][I-]1. The molecule has 2 aromatic rings. The summed E-state index contributed by atoms with van der Waals surface area (Å²) < 4.78 is 19.2. The van der Waals surface area contributed by atoms with Crippen LogP contribution in [0.5, 0.6) is 11.5 Å². The van der Waals surface area contributed by atoms with Gasteiger partial charge in [0.05, 0.1) is 0 Å². The first-order valence-corrected chi connectivity index (χ1v) is 9.86. The molecule has 0 aromatic carbocycles. The molecule has 2 atom stereocenters. The van der Waals surface area contributed by atoms with Gasteiger partial charge in [0, 0.05) is 0 Å². The van der Waals surface area contributed by atoms with Crippen LogP contribution in [0.4, 0.5) is 0 Å². The first kappa shape index (κ1) is 15.5. The summed E-state index contributed by atoms with van der Waals surface area (Å²) in [6, 6.07) is 1.44. The Morgan fingerprint density at radius 2 is 2.26 bits per heavy atom. The molecule has 11 heteroatoms. The van der Waals surface area contributed by atoms with Gasteiger partial charge in [-0.15, -0.1) is 0 Å². The molecule has 2 aliphatic rings. The summed E-state index contributed by atoms with van der Waals surface area (Å²) in [6.07, 6.45) is 0.